The van der Waals surface area contributed by atoms with E-state index in [1.54, 1.807) is 11.8 Å². The summed E-state index contributed by atoms with van der Waals surface area (Å²) in [6.45, 7) is 2.67. The quantitative estimate of drug-likeness (QED) is 0.732. The van der Waals surface area contributed by atoms with Crippen molar-refractivity contribution < 1.29 is 23.1 Å². The number of benzene rings is 1. The highest BCUT2D eigenvalue weighted by molar-refractivity contribution is 5.77. The zero-order chi connectivity index (χ0) is 19.4. The Kier molecular flexibility index (Phi) is 5.68. The molecule has 2 aromatic rings. The summed E-state index contributed by atoms with van der Waals surface area (Å²) in [5.41, 5.74) is 0.440. The molecule has 0 bridgehead atoms. The van der Waals surface area contributed by atoms with Crippen LogP contribution in [0.2, 0.25) is 0 Å². The van der Waals surface area contributed by atoms with E-state index >= 15 is 0 Å². The molecule has 9 heteroatoms. The number of ether oxygens (including phenoxy) is 1. The summed E-state index contributed by atoms with van der Waals surface area (Å²) < 4.78 is 24.0. The molecule has 27 heavy (non-hydrogen) atoms. The van der Waals surface area contributed by atoms with Crippen molar-refractivity contribution in [3.8, 4) is 11.5 Å². The maximum Gasteiger partial charge on any atom is 0.437 e. The van der Waals surface area contributed by atoms with Gasteiger partial charge in [-0.05, 0) is 44.0 Å². The number of hydrogen-bond acceptors (Lipinski definition) is 6. The zero-order valence-electron chi connectivity index (χ0n) is 14.9. The van der Waals surface area contributed by atoms with E-state index in [-0.39, 0.29) is 30.2 Å². The molecular weight excluding hydrogens is 357 g/mol. The molecule has 1 aliphatic rings. The van der Waals surface area contributed by atoms with Crippen LogP contribution in [0, 0.1) is 11.7 Å². The highest BCUT2D eigenvalue weighted by atomic mass is 19.1. The molecule has 0 radical (unpaired) electrons. The van der Waals surface area contributed by atoms with Crippen LogP contribution in [0.15, 0.2) is 33.5 Å². The van der Waals surface area contributed by atoms with E-state index in [0.29, 0.717) is 38.1 Å². The molecule has 1 aromatic carbocycles. The first kappa shape index (κ1) is 18.8. The van der Waals surface area contributed by atoms with Gasteiger partial charge in [-0.2, -0.15) is 4.68 Å². The molecule has 144 valence electrons. The summed E-state index contributed by atoms with van der Waals surface area (Å²) in [5.74, 6) is -1.87. The summed E-state index contributed by atoms with van der Waals surface area (Å²) >= 11 is 0. The summed E-state index contributed by atoms with van der Waals surface area (Å²) in [7, 11) is 0. The van der Waals surface area contributed by atoms with Gasteiger partial charge in [-0.25, -0.2) is 9.18 Å². The number of nitrogens with zero attached hydrogens (tertiary/aromatic N) is 3. The smallest absolute Gasteiger partial charge is 0.437 e. The standard InChI is InChI=1S/C18H20FN3O5/c1-2-26-17(24)13-7-9-21(10-8-13)15(23)11-22-18(25)27-16(20-22)12-3-5-14(19)6-4-12/h3-6,13H,2,7-11H2,1H3. The number of hydrogen-bond donors (Lipinski definition) is 0. The van der Waals surface area contributed by atoms with Gasteiger partial charge in [0.1, 0.15) is 12.4 Å². The summed E-state index contributed by atoms with van der Waals surface area (Å²) in [4.78, 5) is 37.7. The highest BCUT2D eigenvalue weighted by Crippen LogP contribution is 2.19. The monoisotopic (exact) mass is 377 g/mol. The van der Waals surface area contributed by atoms with Gasteiger partial charge >= 0.3 is 11.7 Å². The van der Waals surface area contributed by atoms with E-state index in [9.17, 15) is 18.8 Å². The van der Waals surface area contributed by atoms with Gasteiger partial charge in [-0.1, -0.05) is 0 Å². The Bertz CT molecular complexity index is 866. The van der Waals surface area contributed by atoms with Crippen LogP contribution in [0.5, 0.6) is 0 Å². The minimum Gasteiger partial charge on any atom is -0.466 e. The number of carbonyl (C=O) groups excluding carboxylic acids is 2. The van der Waals surface area contributed by atoms with Crippen LogP contribution in [0.25, 0.3) is 11.5 Å². The third-order valence-corrected chi connectivity index (χ3v) is 4.45. The van der Waals surface area contributed by atoms with Gasteiger partial charge in [-0.15, -0.1) is 5.10 Å². The van der Waals surface area contributed by atoms with E-state index in [2.05, 4.69) is 5.10 Å². The van der Waals surface area contributed by atoms with Crippen LogP contribution in [-0.4, -0.2) is 46.3 Å². The number of likely N-dealkylation sites (tertiary alicyclic amines) is 1. The first-order valence-electron chi connectivity index (χ1n) is 8.76. The van der Waals surface area contributed by atoms with Gasteiger partial charge in [-0.3, -0.25) is 9.59 Å². The molecule has 0 atom stereocenters. The van der Waals surface area contributed by atoms with Gasteiger partial charge in [0, 0.05) is 18.7 Å². The molecule has 1 saturated heterocycles. The third-order valence-electron chi connectivity index (χ3n) is 4.45. The lowest BCUT2D eigenvalue weighted by Crippen LogP contribution is -2.43. The van der Waals surface area contributed by atoms with Crippen molar-refractivity contribution in [2.24, 2.45) is 5.92 Å². The molecule has 8 nitrogen and oxygen atoms in total. The average molecular weight is 377 g/mol. The highest BCUT2D eigenvalue weighted by Gasteiger charge is 2.28. The van der Waals surface area contributed by atoms with Gasteiger partial charge in [0.05, 0.1) is 12.5 Å². The molecule has 0 N–H and O–H groups in total. The lowest BCUT2D eigenvalue weighted by Gasteiger charge is -2.30. The third kappa shape index (κ3) is 4.42. The fourth-order valence-corrected chi connectivity index (χ4v) is 2.97. The van der Waals surface area contributed by atoms with Crippen molar-refractivity contribution in [2.75, 3.05) is 19.7 Å². The van der Waals surface area contributed by atoms with Crippen molar-refractivity contribution >= 4 is 11.9 Å². The van der Waals surface area contributed by atoms with Gasteiger partial charge in [0.2, 0.25) is 11.8 Å². The SMILES string of the molecule is CCOC(=O)C1CCN(C(=O)Cn2nc(-c3ccc(F)cc3)oc2=O)CC1. The predicted molar refractivity (Wildman–Crippen MR) is 92.1 cm³/mol. The van der Waals surface area contributed by atoms with Crippen molar-refractivity contribution in [3.05, 3.63) is 40.6 Å². The summed E-state index contributed by atoms with van der Waals surface area (Å²) in [6, 6.07) is 5.33. The predicted octanol–water partition coefficient (Wildman–Crippen LogP) is 1.44. The number of aromatic nitrogens is 2. The second-order valence-electron chi connectivity index (χ2n) is 6.24. The maximum atomic E-state index is 13.0. The largest absolute Gasteiger partial charge is 0.466 e. The average Bonchev–Trinajstić information content (AvgIpc) is 3.03. The van der Waals surface area contributed by atoms with Crippen molar-refractivity contribution in [2.45, 2.75) is 26.3 Å². The Labute approximate surface area is 154 Å². The molecule has 3 rings (SSSR count). The van der Waals surface area contributed by atoms with E-state index < -0.39 is 11.6 Å². The molecular formula is C18H20FN3O5. The molecule has 0 unspecified atom stereocenters. The molecule has 2 heterocycles. The number of rotatable bonds is 5. The second-order valence-corrected chi connectivity index (χ2v) is 6.24. The molecule has 1 aromatic heterocycles. The van der Waals surface area contributed by atoms with Gasteiger partial charge in [0.25, 0.3) is 0 Å². The fourth-order valence-electron chi connectivity index (χ4n) is 2.97. The maximum absolute atomic E-state index is 13.0. The number of amides is 1. The zero-order valence-corrected chi connectivity index (χ0v) is 14.9. The van der Waals surface area contributed by atoms with Crippen LogP contribution in [0.4, 0.5) is 4.39 Å². The lowest BCUT2D eigenvalue weighted by molar-refractivity contribution is -0.151. The van der Waals surface area contributed by atoms with E-state index in [1.165, 1.54) is 24.3 Å². The van der Waals surface area contributed by atoms with Crippen LogP contribution in [-0.2, 0) is 20.9 Å². The Morgan fingerprint density at radius 3 is 2.56 bits per heavy atom. The molecule has 1 aliphatic heterocycles. The molecule has 0 aliphatic carbocycles. The second kappa shape index (κ2) is 8.15. The molecule has 0 saturated carbocycles. The first-order chi connectivity index (χ1) is 13.0. The molecule has 1 fully saturated rings. The fraction of sp³-hybridized carbons (Fsp3) is 0.444. The van der Waals surface area contributed by atoms with Crippen LogP contribution in [0.1, 0.15) is 19.8 Å². The van der Waals surface area contributed by atoms with Crippen molar-refractivity contribution in [1.29, 1.82) is 0 Å². The van der Waals surface area contributed by atoms with Crippen molar-refractivity contribution in [3.63, 3.8) is 0 Å². The summed E-state index contributed by atoms with van der Waals surface area (Å²) in [5, 5.41) is 4.01. The summed E-state index contributed by atoms with van der Waals surface area (Å²) in [6.07, 6.45) is 1.05. The van der Waals surface area contributed by atoms with Crippen LogP contribution < -0.4 is 5.76 Å². The van der Waals surface area contributed by atoms with Gasteiger partial charge in [0.15, 0.2) is 0 Å². The first-order valence-corrected chi connectivity index (χ1v) is 8.76. The Balaban J connectivity index is 1.61. The molecule has 0 spiro atoms. The van der Waals surface area contributed by atoms with Crippen LogP contribution >= 0.6 is 0 Å². The van der Waals surface area contributed by atoms with Crippen molar-refractivity contribution in [1.82, 2.24) is 14.7 Å². The van der Waals surface area contributed by atoms with E-state index in [4.69, 9.17) is 9.15 Å². The van der Waals surface area contributed by atoms with E-state index in [0.717, 1.165) is 4.68 Å². The minimum atomic E-state index is -0.760. The minimum absolute atomic E-state index is 0.0221. The number of esters is 1. The topological polar surface area (TPSA) is 94.6 Å². The molecule has 1 amide bonds. The Morgan fingerprint density at radius 2 is 1.93 bits per heavy atom. The Hall–Kier alpha value is -2.97. The van der Waals surface area contributed by atoms with Crippen LogP contribution in [0.3, 0.4) is 0 Å². The lowest BCUT2D eigenvalue weighted by atomic mass is 9.97. The normalized spacial score (nSPS) is 15.0. The Morgan fingerprint density at radius 1 is 1.26 bits per heavy atom. The number of halogens is 1. The number of carbonyl (C=O) groups is 2. The number of piperidine rings is 1. The van der Waals surface area contributed by atoms with Gasteiger partial charge < -0.3 is 14.1 Å². The van der Waals surface area contributed by atoms with E-state index in [1.807, 2.05) is 0 Å².